The van der Waals surface area contributed by atoms with Crippen molar-refractivity contribution in [2.75, 3.05) is 20.2 Å². The summed E-state index contributed by atoms with van der Waals surface area (Å²) in [5.41, 5.74) is 2.81. The highest BCUT2D eigenvalue weighted by molar-refractivity contribution is 5.22. The first kappa shape index (κ1) is 15.5. The van der Waals surface area contributed by atoms with E-state index in [2.05, 4.69) is 50.1 Å². The van der Waals surface area contributed by atoms with Gasteiger partial charge in [0.25, 0.3) is 0 Å². The van der Waals surface area contributed by atoms with Gasteiger partial charge in [-0.25, -0.2) is 0 Å². The minimum Gasteiger partial charge on any atom is -0.396 e. The van der Waals surface area contributed by atoms with Crippen molar-refractivity contribution in [1.82, 2.24) is 4.90 Å². The molecule has 2 rings (SSSR count). The third-order valence-corrected chi connectivity index (χ3v) is 4.66. The highest BCUT2D eigenvalue weighted by atomic mass is 16.3. The van der Waals surface area contributed by atoms with Crippen LogP contribution in [0.1, 0.15) is 43.7 Å². The molecule has 1 aliphatic rings. The third-order valence-electron chi connectivity index (χ3n) is 4.66. The van der Waals surface area contributed by atoms with Gasteiger partial charge in [-0.3, -0.25) is 0 Å². The lowest BCUT2D eigenvalue weighted by Gasteiger charge is -2.41. The van der Waals surface area contributed by atoms with E-state index in [-0.39, 0.29) is 5.41 Å². The van der Waals surface area contributed by atoms with Gasteiger partial charge < -0.3 is 10.0 Å². The van der Waals surface area contributed by atoms with Crippen LogP contribution in [0.15, 0.2) is 24.3 Å². The van der Waals surface area contributed by atoms with E-state index in [1.165, 1.54) is 36.8 Å². The second-order valence-electron chi connectivity index (χ2n) is 7.02. The minimum atomic E-state index is 0.121. The van der Waals surface area contributed by atoms with E-state index in [9.17, 15) is 5.11 Å². The predicted molar refractivity (Wildman–Crippen MR) is 84.7 cm³/mol. The van der Waals surface area contributed by atoms with E-state index in [1.54, 1.807) is 0 Å². The molecule has 2 nitrogen and oxygen atoms in total. The fraction of sp³-hybridized carbons (Fsp3) is 0.667. The molecule has 1 aliphatic carbocycles. The molecule has 0 bridgehead atoms. The van der Waals surface area contributed by atoms with Crippen molar-refractivity contribution < 1.29 is 5.11 Å². The molecule has 2 atom stereocenters. The van der Waals surface area contributed by atoms with E-state index in [0.29, 0.717) is 6.61 Å². The zero-order valence-corrected chi connectivity index (χ0v) is 13.2. The van der Waals surface area contributed by atoms with Crippen LogP contribution in [0.3, 0.4) is 0 Å². The molecular formula is C18H29NO. The monoisotopic (exact) mass is 275 g/mol. The molecule has 0 spiro atoms. The summed E-state index contributed by atoms with van der Waals surface area (Å²) < 4.78 is 0. The maximum Gasteiger partial charge on any atom is 0.0499 e. The molecule has 20 heavy (non-hydrogen) atoms. The largest absolute Gasteiger partial charge is 0.396 e. The molecule has 1 aromatic rings. The lowest BCUT2D eigenvalue weighted by molar-refractivity contribution is 0.0290. The first-order valence-electron chi connectivity index (χ1n) is 7.88. The van der Waals surface area contributed by atoms with Crippen LogP contribution in [0.2, 0.25) is 0 Å². The normalized spacial score (nSPS) is 26.9. The van der Waals surface area contributed by atoms with Crippen molar-refractivity contribution >= 4 is 0 Å². The Bertz CT molecular complexity index is 431. The van der Waals surface area contributed by atoms with Gasteiger partial charge in [-0.1, -0.05) is 49.6 Å². The Morgan fingerprint density at radius 3 is 2.85 bits per heavy atom. The fourth-order valence-corrected chi connectivity index (χ4v) is 3.86. The molecule has 1 N–H and O–H groups in total. The number of benzene rings is 1. The zero-order valence-electron chi connectivity index (χ0n) is 13.2. The van der Waals surface area contributed by atoms with E-state index in [1.807, 2.05) is 0 Å². The van der Waals surface area contributed by atoms with Crippen molar-refractivity contribution in [3.05, 3.63) is 35.4 Å². The standard InChI is InChI=1S/C18H29NO/c1-15-6-4-8-17(10-15)12-19(3)13-18(14-20)9-5-7-16(2)11-18/h4,6,8,10,16,20H,5,7,9,11-14H2,1-3H3. The first-order chi connectivity index (χ1) is 9.53. The molecular weight excluding hydrogens is 246 g/mol. The summed E-state index contributed by atoms with van der Waals surface area (Å²) in [4.78, 5) is 2.38. The van der Waals surface area contributed by atoms with Gasteiger partial charge in [-0.2, -0.15) is 0 Å². The molecule has 2 heteroatoms. The molecule has 0 radical (unpaired) electrons. The summed E-state index contributed by atoms with van der Waals surface area (Å²) in [5.74, 6) is 0.753. The minimum absolute atomic E-state index is 0.121. The molecule has 112 valence electrons. The zero-order chi connectivity index (χ0) is 14.6. The SMILES string of the molecule is Cc1cccc(CN(C)CC2(CO)CCCC(C)C2)c1. The number of rotatable bonds is 5. The second-order valence-corrected chi connectivity index (χ2v) is 7.02. The van der Waals surface area contributed by atoms with Crippen LogP contribution in [0.25, 0.3) is 0 Å². The van der Waals surface area contributed by atoms with Gasteiger partial charge in [-0.15, -0.1) is 0 Å². The van der Waals surface area contributed by atoms with Crippen molar-refractivity contribution in [2.24, 2.45) is 11.3 Å². The van der Waals surface area contributed by atoms with Crippen LogP contribution in [0, 0.1) is 18.3 Å². The molecule has 0 heterocycles. The van der Waals surface area contributed by atoms with Crippen LogP contribution < -0.4 is 0 Å². The molecule has 2 unspecified atom stereocenters. The highest BCUT2D eigenvalue weighted by Crippen LogP contribution is 2.39. The highest BCUT2D eigenvalue weighted by Gasteiger charge is 2.35. The Balaban J connectivity index is 1.97. The molecule has 0 aliphatic heterocycles. The second kappa shape index (κ2) is 6.73. The summed E-state index contributed by atoms with van der Waals surface area (Å²) in [6.45, 7) is 6.76. The van der Waals surface area contributed by atoms with Crippen molar-refractivity contribution in [2.45, 2.75) is 46.1 Å². The fourth-order valence-electron chi connectivity index (χ4n) is 3.86. The topological polar surface area (TPSA) is 23.5 Å². The van der Waals surface area contributed by atoms with Crippen LogP contribution in [-0.4, -0.2) is 30.2 Å². The number of nitrogens with zero attached hydrogens (tertiary/aromatic N) is 1. The van der Waals surface area contributed by atoms with Crippen molar-refractivity contribution in [1.29, 1.82) is 0 Å². The van der Waals surface area contributed by atoms with Crippen molar-refractivity contribution in [3.63, 3.8) is 0 Å². The number of hydrogen-bond acceptors (Lipinski definition) is 2. The van der Waals surface area contributed by atoms with Crippen LogP contribution >= 0.6 is 0 Å². The summed E-state index contributed by atoms with van der Waals surface area (Å²) >= 11 is 0. The molecule has 1 fully saturated rings. The summed E-state index contributed by atoms with van der Waals surface area (Å²) in [6.07, 6.45) is 4.93. The van der Waals surface area contributed by atoms with Gasteiger partial charge in [0, 0.05) is 25.1 Å². The molecule has 1 aromatic carbocycles. The van der Waals surface area contributed by atoms with E-state index >= 15 is 0 Å². The summed E-state index contributed by atoms with van der Waals surface area (Å²) in [7, 11) is 2.18. The predicted octanol–water partition coefficient (Wildman–Crippen LogP) is 3.62. The van der Waals surface area contributed by atoms with E-state index in [4.69, 9.17) is 0 Å². The average Bonchev–Trinajstić information content (AvgIpc) is 2.38. The Morgan fingerprint density at radius 1 is 1.40 bits per heavy atom. The van der Waals surface area contributed by atoms with Gasteiger partial charge in [0.1, 0.15) is 0 Å². The van der Waals surface area contributed by atoms with Crippen LogP contribution in [0.4, 0.5) is 0 Å². The number of aliphatic hydroxyl groups is 1. The maximum atomic E-state index is 9.89. The Labute approximate surface area is 123 Å². The van der Waals surface area contributed by atoms with Crippen LogP contribution in [0.5, 0.6) is 0 Å². The lowest BCUT2D eigenvalue weighted by atomic mass is 9.70. The number of aryl methyl sites for hydroxylation is 1. The Kier molecular flexibility index (Phi) is 5.22. The molecule has 0 saturated heterocycles. The van der Waals surface area contributed by atoms with Gasteiger partial charge >= 0.3 is 0 Å². The molecule has 0 aromatic heterocycles. The Morgan fingerprint density at radius 2 is 2.20 bits per heavy atom. The smallest absolute Gasteiger partial charge is 0.0499 e. The van der Waals surface area contributed by atoms with Gasteiger partial charge in [0.2, 0.25) is 0 Å². The van der Waals surface area contributed by atoms with Crippen molar-refractivity contribution in [3.8, 4) is 0 Å². The maximum absolute atomic E-state index is 9.89. The number of hydrogen-bond donors (Lipinski definition) is 1. The summed E-state index contributed by atoms with van der Waals surface area (Å²) in [6, 6.07) is 8.72. The quantitative estimate of drug-likeness (QED) is 0.887. The summed E-state index contributed by atoms with van der Waals surface area (Å²) in [5, 5.41) is 9.89. The van der Waals surface area contributed by atoms with Crippen LogP contribution in [-0.2, 0) is 6.54 Å². The first-order valence-corrected chi connectivity index (χ1v) is 7.88. The van der Waals surface area contributed by atoms with E-state index in [0.717, 1.165) is 19.0 Å². The Hall–Kier alpha value is -0.860. The van der Waals surface area contributed by atoms with Gasteiger partial charge in [0.05, 0.1) is 0 Å². The third kappa shape index (κ3) is 4.07. The molecule has 0 amide bonds. The van der Waals surface area contributed by atoms with Gasteiger partial charge in [-0.05, 0) is 38.3 Å². The van der Waals surface area contributed by atoms with Gasteiger partial charge in [0.15, 0.2) is 0 Å². The van der Waals surface area contributed by atoms with E-state index < -0.39 is 0 Å². The molecule has 1 saturated carbocycles. The number of aliphatic hydroxyl groups excluding tert-OH is 1. The average molecular weight is 275 g/mol. The lowest BCUT2D eigenvalue weighted by Crippen LogP contribution is -2.41.